The van der Waals surface area contributed by atoms with Gasteiger partial charge < -0.3 is 5.32 Å². The first-order valence-electron chi connectivity index (χ1n) is 6.70. The minimum atomic E-state index is 0.759. The molecule has 0 atom stereocenters. The summed E-state index contributed by atoms with van der Waals surface area (Å²) < 4.78 is 0. The molecule has 2 nitrogen and oxygen atoms in total. The molecule has 1 aromatic carbocycles. The van der Waals surface area contributed by atoms with Crippen LogP contribution in [0.1, 0.15) is 24.0 Å². The van der Waals surface area contributed by atoms with Crippen LogP contribution in [0.25, 0.3) is 0 Å². The molecule has 0 amide bonds. The van der Waals surface area contributed by atoms with Crippen LogP contribution >= 0.6 is 0 Å². The summed E-state index contributed by atoms with van der Waals surface area (Å²) in [6.07, 6.45) is 8.20. The molecule has 1 N–H and O–H groups in total. The van der Waals surface area contributed by atoms with Crippen LogP contribution in [0, 0.1) is 18.3 Å². The Morgan fingerprint density at radius 1 is 1.28 bits per heavy atom. The lowest BCUT2D eigenvalue weighted by molar-refractivity contribution is 0.286. The van der Waals surface area contributed by atoms with Crippen molar-refractivity contribution in [1.29, 1.82) is 0 Å². The third-order valence-corrected chi connectivity index (χ3v) is 3.34. The molecule has 0 heterocycles. The summed E-state index contributed by atoms with van der Waals surface area (Å²) in [5, 5.41) is 3.16. The minimum absolute atomic E-state index is 0.759. The maximum Gasteiger partial charge on any atom is 0.0601 e. The van der Waals surface area contributed by atoms with Crippen LogP contribution in [0.5, 0.6) is 0 Å². The van der Waals surface area contributed by atoms with Gasteiger partial charge in [0, 0.05) is 19.6 Å². The largest absolute Gasteiger partial charge is 0.316 e. The van der Waals surface area contributed by atoms with Crippen LogP contribution in [0.3, 0.4) is 0 Å². The first-order valence-corrected chi connectivity index (χ1v) is 6.70. The third-order valence-electron chi connectivity index (χ3n) is 3.34. The van der Waals surface area contributed by atoms with E-state index in [2.05, 4.69) is 40.4 Å². The van der Waals surface area contributed by atoms with Crippen molar-refractivity contribution < 1.29 is 0 Å². The molecule has 0 unspecified atom stereocenters. The van der Waals surface area contributed by atoms with E-state index >= 15 is 0 Å². The van der Waals surface area contributed by atoms with Crippen molar-refractivity contribution in [2.75, 3.05) is 20.1 Å². The summed E-state index contributed by atoms with van der Waals surface area (Å²) in [4.78, 5) is 2.38. The van der Waals surface area contributed by atoms with E-state index < -0.39 is 0 Å². The Hall–Kier alpha value is -1.30. The van der Waals surface area contributed by atoms with Gasteiger partial charge in [-0.1, -0.05) is 30.2 Å². The highest BCUT2D eigenvalue weighted by atomic mass is 15.1. The van der Waals surface area contributed by atoms with Gasteiger partial charge >= 0.3 is 0 Å². The van der Waals surface area contributed by atoms with Crippen molar-refractivity contribution in [1.82, 2.24) is 10.2 Å². The van der Waals surface area contributed by atoms with Crippen LogP contribution in [0.15, 0.2) is 24.3 Å². The zero-order chi connectivity index (χ0) is 12.8. The van der Waals surface area contributed by atoms with Gasteiger partial charge in [-0.05, 0) is 36.9 Å². The minimum Gasteiger partial charge on any atom is -0.316 e. The summed E-state index contributed by atoms with van der Waals surface area (Å²) in [6, 6.07) is 8.81. The topological polar surface area (TPSA) is 15.3 Å². The first-order chi connectivity index (χ1) is 8.81. The smallest absolute Gasteiger partial charge is 0.0601 e. The quantitative estimate of drug-likeness (QED) is 0.738. The van der Waals surface area contributed by atoms with Crippen LogP contribution < -0.4 is 5.32 Å². The average Bonchev–Trinajstić information content (AvgIpc) is 3.16. The molecular formula is C16H22N2. The zero-order valence-corrected chi connectivity index (χ0v) is 11.2. The van der Waals surface area contributed by atoms with Crippen molar-refractivity contribution in [3.8, 4) is 12.3 Å². The molecule has 0 radical (unpaired) electrons. The van der Waals surface area contributed by atoms with E-state index in [1.54, 1.807) is 0 Å². The second-order valence-corrected chi connectivity index (χ2v) is 5.16. The van der Waals surface area contributed by atoms with E-state index in [4.69, 9.17) is 6.42 Å². The predicted molar refractivity (Wildman–Crippen MR) is 76.0 cm³/mol. The molecule has 1 aliphatic rings. The Labute approximate surface area is 110 Å². The molecule has 1 saturated carbocycles. The van der Waals surface area contributed by atoms with Gasteiger partial charge in [-0.25, -0.2) is 0 Å². The van der Waals surface area contributed by atoms with Crippen LogP contribution in [0.2, 0.25) is 0 Å². The maximum absolute atomic E-state index is 5.44. The van der Waals surface area contributed by atoms with Crippen molar-refractivity contribution >= 4 is 0 Å². The normalized spacial score (nSPS) is 14.7. The number of benzene rings is 1. The molecule has 0 saturated heterocycles. The highest BCUT2D eigenvalue weighted by Crippen LogP contribution is 2.30. The molecule has 2 heteroatoms. The van der Waals surface area contributed by atoms with Crippen LogP contribution in [0.4, 0.5) is 0 Å². The number of nitrogens with zero attached hydrogens (tertiary/aromatic N) is 1. The summed E-state index contributed by atoms with van der Waals surface area (Å²) in [7, 11) is 1.97. The van der Waals surface area contributed by atoms with Crippen molar-refractivity contribution in [3.05, 3.63) is 35.4 Å². The Bertz CT molecular complexity index is 398. The zero-order valence-electron chi connectivity index (χ0n) is 11.2. The van der Waals surface area contributed by atoms with Crippen LogP contribution in [-0.4, -0.2) is 25.0 Å². The van der Waals surface area contributed by atoms with E-state index in [1.165, 1.54) is 24.0 Å². The maximum atomic E-state index is 5.44. The first kappa shape index (κ1) is 13.1. The van der Waals surface area contributed by atoms with E-state index in [1.807, 2.05) is 7.05 Å². The second kappa shape index (κ2) is 6.58. The monoisotopic (exact) mass is 242 g/mol. The lowest BCUT2D eigenvalue weighted by Crippen LogP contribution is -2.25. The summed E-state index contributed by atoms with van der Waals surface area (Å²) >= 11 is 0. The van der Waals surface area contributed by atoms with Gasteiger partial charge in [-0.15, -0.1) is 6.42 Å². The number of rotatable bonds is 7. The standard InChI is InChI=1S/C16H22N2/c1-3-10-18(13-16-8-9-16)12-15-6-4-14(5-7-15)11-17-2/h1,4-7,16-17H,8-13H2,2H3. The van der Waals surface area contributed by atoms with Gasteiger partial charge in [0.1, 0.15) is 0 Å². The highest BCUT2D eigenvalue weighted by molar-refractivity contribution is 5.22. The van der Waals surface area contributed by atoms with E-state index in [0.717, 1.165) is 32.1 Å². The molecule has 1 fully saturated rings. The number of hydrogen-bond donors (Lipinski definition) is 1. The Morgan fingerprint density at radius 3 is 2.50 bits per heavy atom. The second-order valence-electron chi connectivity index (χ2n) is 5.16. The molecule has 0 aromatic heterocycles. The van der Waals surface area contributed by atoms with Gasteiger partial charge in [0.05, 0.1) is 6.54 Å². The van der Waals surface area contributed by atoms with Gasteiger partial charge in [-0.3, -0.25) is 4.90 Å². The fourth-order valence-corrected chi connectivity index (χ4v) is 2.20. The molecule has 1 aromatic rings. The summed E-state index contributed by atoms with van der Waals surface area (Å²) in [5.41, 5.74) is 2.68. The fraction of sp³-hybridized carbons (Fsp3) is 0.500. The van der Waals surface area contributed by atoms with E-state index in [0.29, 0.717) is 0 Å². The SMILES string of the molecule is C#CCN(Cc1ccc(CNC)cc1)CC1CC1. The molecule has 96 valence electrons. The molecule has 18 heavy (non-hydrogen) atoms. The fourth-order valence-electron chi connectivity index (χ4n) is 2.20. The molecule has 1 aliphatic carbocycles. The Morgan fingerprint density at radius 2 is 1.94 bits per heavy atom. The highest BCUT2D eigenvalue weighted by Gasteiger charge is 2.23. The molecule has 0 aliphatic heterocycles. The van der Waals surface area contributed by atoms with E-state index in [9.17, 15) is 0 Å². The molecule has 0 spiro atoms. The van der Waals surface area contributed by atoms with Crippen LogP contribution in [-0.2, 0) is 13.1 Å². The lowest BCUT2D eigenvalue weighted by atomic mass is 10.1. The van der Waals surface area contributed by atoms with Crippen molar-refractivity contribution in [3.63, 3.8) is 0 Å². The predicted octanol–water partition coefficient (Wildman–Crippen LogP) is 2.25. The summed E-state index contributed by atoms with van der Waals surface area (Å²) in [5.74, 6) is 3.66. The van der Waals surface area contributed by atoms with Gasteiger partial charge in [0.2, 0.25) is 0 Å². The van der Waals surface area contributed by atoms with E-state index in [-0.39, 0.29) is 0 Å². The molecule has 2 rings (SSSR count). The number of hydrogen-bond acceptors (Lipinski definition) is 2. The Balaban J connectivity index is 1.90. The molecule has 0 bridgehead atoms. The van der Waals surface area contributed by atoms with Gasteiger partial charge in [-0.2, -0.15) is 0 Å². The average molecular weight is 242 g/mol. The lowest BCUT2D eigenvalue weighted by Gasteiger charge is -2.19. The number of terminal acetylenes is 1. The summed E-state index contributed by atoms with van der Waals surface area (Å²) in [6.45, 7) is 3.81. The Kier molecular flexibility index (Phi) is 4.81. The van der Waals surface area contributed by atoms with Gasteiger partial charge in [0.25, 0.3) is 0 Å². The van der Waals surface area contributed by atoms with Crippen molar-refractivity contribution in [2.24, 2.45) is 5.92 Å². The van der Waals surface area contributed by atoms with Crippen molar-refractivity contribution in [2.45, 2.75) is 25.9 Å². The third kappa shape index (κ3) is 4.18. The van der Waals surface area contributed by atoms with Gasteiger partial charge in [0.15, 0.2) is 0 Å². The number of nitrogens with one attached hydrogen (secondary N) is 1. The molecular weight excluding hydrogens is 220 g/mol.